The highest BCUT2D eigenvalue weighted by Gasteiger charge is 2.29. The van der Waals surface area contributed by atoms with Gasteiger partial charge >= 0.3 is 6.61 Å². The molecule has 0 aliphatic carbocycles. The first-order valence-electron chi connectivity index (χ1n) is 9.94. The molecular formula is C25H23F2NO2. The summed E-state index contributed by atoms with van der Waals surface area (Å²) in [6.45, 7) is 3.82. The van der Waals surface area contributed by atoms with E-state index in [0.717, 1.165) is 29.0 Å². The molecular weight excluding hydrogens is 384 g/mol. The molecule has 0 fully saturated rings. The molecule has 1 aliphatic heterocycles. The van der Waals surface area contributed by atoms with Crippen LogP contribution in [-0.2, 0) is 0 Å². The summed E-state index contributed by atoms with van der Waals surface area (Å²) < 4.78 is 36.9. The Balaban J connectivity index is 1.84. The second kappa shape index (κ2) is 8.57. The van der Waals surface area contributed by atoms with E-state index < -0.39 is 6.61 Å². The summed E-state index contributed by atoms with van der Waals surface area (Å²) in [4.78, 5) is 2.20. The van der Waals surface area contributed by atoms with E-state index in [1.807, 2.05) is 30.3 Å². The lowest BCUT2D eigenvalue weighted by Gasteiger charge is -2.31. The minimum Gasteiger partial charge on any atom is -0.485 e. The first-order valence-corrected chi connectivity index (χ1v) is 9.94. The molecule has 3 aromatic rings. The molecule has 1 atom stereocenters. The lowest BCUT2D eigenvalue weighted by atomic mass is 9.90. The normalized spacial score (nSPS) is 14.5. The van der Waals surface area contributed by atoms with E-state index in [0.29, 0.717) is 17.7 Å². The fourth-order valence-corrected chi connectivity index (χ4v) is 3.95. The number of para-hydroxylation sites is 1. The molecule has 0 saturated heterocycles. The molecule has 0 bridgehead atoms. The summed E-state index contributed by atoms with van der Waals surface area (Å²) in [6, 6.07) is 21.1. The van der Waals surface area contributed by atoms with E-state index in [-0.39, 0.29) is 11.9 Å². The van der Waals surface area contributed by atoms with E-state index in [4.69, 9.17) is 9.47 Å². The van der Waals surface area contributed by atoms with Crippen LogP contribution in [0, 0.1) is 0 Å². The van der Waals surface area contributed by atoms with Gasteiger partial charge in [0.25, 0.3) is 0 Å². The molecule has 0 spiro atoms. The van der Waals surface area contributed by atoms with Crippen LogP contribution in [0.5, 0.6) is 11.5 Å². The average molecular weight is 407 g/mol. The first-order chi connectivity index (χ1) is 14.6. The van der Waals surface area contributed by atoms with Gasteiger partial charge in [0, 0.05) is 29.9 Å². The SMILES string of the molecule is C=CCC1Oc2cccc(OC(F)F)c2-c2ccc(N(CC)c3ccccc3)cc21. The number of halogens is 2. The number of alkyl halides is 2. The Morgan fingerprint density at radius 3 is 2.57 bits per heavy atom. The van der Waals surface area contributed by atoms with Gasteiger partial charge in [-0.3, -0.25) is 0 Å². The number of nitrogens with zero attached hydrogens (tertiary/aromatic N) is 1. The molecule has 0 saturated carbocycles. The van der Waals surface area contributed by atoms with E-state index in [2.05, 4.69) is 36.6 Å². The van der Waals surface area contributed by atoms with Gasteiger partial charge in [-0.15, -0.1) is 6.58 Å². The van der Waals surface area contributed by atoms with Crippen LogP contribution in [0.3, 0.4) is 0 Å². The Kier molecular flexibility index (Phi) is 5.70. The first kappa shape index (κ1) is 20.0. The summed E-state index contributed by atoms with van der Waals surface area (Å²) in [5, 5.41) is 0. The van der Waals surface area contributed by atoms with Crippen molar-refractivity contribution in [2.45, 2.75) is 26.1 Å². The average Bonchev–Trinajstić information content (AvgIpc) is 2.75. The Morgan fingerprint density at radius 1 is 1.07 bits per heavy atom. The van der Waals surface area contributed by atoms with Gasteiger partial charge in [-0.25, -0.2) is 0 Å². The van der Waals surface area contributed by atoms with Crippen molar-refractivity contribution in [1.82, 2.24) is 0 Å². The zero-order chi connectivity index (χ0) is 21.1. The summed E-state index contributed by atoms with van der Waals surface area (Å²) in [5.74, 6) is 0.652. The molecule has 30 heavy (non-hydrogen) atoms. The van der Waals surface area contributed by atoms with Gasteiger partial charge in [0.1, 0.15) is 17.6 Å². The molecule has 0 amide bonds. The highest BCUT2D eigenvalue weighted by atomic mass is 19.3. The number of hydrogen-bond acceptors (Lipinski definition) is 3. The molecule has 0 N–H and O–H groups in total. The van der Waals surface area contributed by atoms with Gasteiger partial charge in [0.05, 0.1) is 5.56 Å². The van der Waals surface area contributed by atoms with Crippen LogP contribution in [0.1, 0.15) is 25.0 Å². The van der Waals surface area contributed by atoms with Crippen molar-refractivity contribution in [2.24, 2.45) is 0 Å². The molecule has 4 rings (SSSR count). The predicted molar refractivity (Wildman–Crippen MR) is 116 cm³/mol. The standard InChI is InChI=1S/C25H23F2NO2/c1-3-9-21-20-16-18(28(4-2)17-10-6-5-7-11-17)14-15-19(20)24-22(29-21)12-8-13-23(24)30-25(26)27/h3,5-8,10-16,21,25H,1,4,9H2,2H3. The van der Waals surface area contributed by atoms with Crippen molar-refractivity contribution in [3.63, 3.8) is 0 Å². The van der Waals surface area contributed by atoms with Crippen molar-refractivity contribution < 1.29 is 18.3 Å². The van der Waals surface area contributed by atoms with Gasteiger partial charge in [-0.1, -0.05) is 36.4 Å². The van der Waals surface area contributed by atoms with Crippen LogP contribution in [0.25, 0.3) is 11.1 Å². The van der Waals surface area contributed by atoms with Gasteiger partial charge in [0.15, 0.2) is 0 Å². The monoisotopic (exact) mass is 407 g/mol. The van der Waals surface area contributed by atoms with E-state index in [1.54, 1.807) is 24.3 Å². The largest absolute Gasteiger partial charge is 0.485 e. The lowest BCUT2D eigenvalue weighted by molar-refractivity contribution is -0.0496. The van der Waals surface area contributed by atoms with E-state index in [1.165, 1.54) is 0 Å². The Hall–Kier alpha value is -3.34. The zero-order valence-electron chi connectivity index (χ0n) is 16.7. The van der Waals surface area contributed by atoms with Gasteiger partial charge < -0.3 is 14.4 Å². The molecule has 154 valence electrons. The predicted octanol–water partition coefficient (Wildman–Crippen LogP) is 7.12. The smallest absolute Gasteiger partial charge is 0.387 e. The third-order valence-corrected chi connectivity index (χ3v) is 5.20. The van der Waals surface area contributed by atoms with Crippen LogP contribution in [0.2, 0.25) is 0 Å². The molecule has 1 heterocycles. The molecule has 0 aromatic heterocycles. The molecule has 5 heteroatoms. The van der Waals surface area contributed by atoms with Crippen molar-refractivity contribution in [3.05, 3.63) is 84.9 Å². The summed E-state index contributed by atoms with van der Waals surface area (Å²) in [7, 11) is 0. The second-order valence-corrected chi connectivity index (χ2v) is 6.99. The van der Waals surface area contributed by atoms with Crippen LogP contribution < -0.4 is 14.4 Å². The fraction of sp³-hybridized carbons (Fsp3) is 0.200. The lowest BCUT2D eigenvalue weighted by Crippen LogP contribution is -2.19. The maximum atomic E-state index is 13.0. The Morgan fingerprint density at radius 2 is 1.87 bits per heavy atom. The van der Waals surface area contributed by atoms with Crippen LogP contribution in [0.4, 0.5) is 20.2 Å². The number of rotatable bonds is 7. The molecule has 1 aliphatic rings. The fourth-order valence-electron chi connectivity index (χ4n) is 3.95. The molecule has 3 aromatic carbocycles. The van der Waals surface area contributed by atoms with E-state index >= 15 is 0 Å². The highest BCUT2D eigenvalue weighted by molar-refractivity contribution is 5.83. The van der Waals surface area contributed by atoms with Crippen molar-refractivity contribution in [1.29, 1.82) is 0 Å². The summed E-state index contributed by atoms with van der Waals surface area (Å²) in [5.41, 5.74) is 4.42. The highest BCUT2D eigenvalue weighted by Crippen LogP contribution is 2.49. The number of ether oxygens (including phenoxy) is 2. The van der Waals surface area contributed by atoms with Crippen molar-refractivity contribution in [3.8, 4) is 22.6 Å². The number of benzene rings is 3. The van der Waals surface area contributed by atoms with Crippen molar-refractivity contribution in [2.75, 3.05) is 11.4 Å². The zero-order valence-corrected chi connectivity index (χ0v) is 16.7. The Bertz CT molecular complexity index is 1040. The van der Waals surface area contributed by atoms with Gasteiger partial charge in [0.2, 0.25) is 0 Å². The number of fused-ring (bicyclic) bond motifs is 3. The van der Waals surface area contributed by atoms with Crippen LogP contribution in [0.15, 0.2) is 79.4 Å². The molecule has 3 nitrogen and oxygen atoms in total. The summed E-state index contributed by atoms with van der Waals surface area (Å²) in [6.07, 6.45) is 2.16. The van der Waals surface area contributed by atoms with Crippen LogP contribution in [-0.4, -0.2) is 13.2 Å². The van der Waals surface area contributed by atoms with Gasteiger partial charge in [-0.2, -0.15) is 8.78 Å². The second-order valence-electron chi connectivity index (χ2n) is 6.99. The molecule has 0 radical (unpaired) electrons. The maximum Gasteiger partial charge on any atom is 0.387 e. The van der Waals surface area contributed by atoms with Crippen molar-refractivity contribution >= 4 is 11.4 Å². The third-order valence-electron chi connectivity index (χ3n) is 5.20. The minimum absolute atomic E-state index is 0.115. The quantitative estimate of drug-likeness (QED) is 0.389. The Labute approximate surface area is 175 Å². The molecule has 1 unspecified atom stereocenters. The number of hydrogen-bond donors (Lipinski definition) is 0. The van der Waals surface area contributed by atoms with Gasteiger partial charge in [-0.05, 0) is 48.9 Å². The third kappa shape index (κ3) is 3.75. The summed E-state index contributed by atoms with van der Waals surface area (Å²) >= 11 is 0. The minimum atomic E-state index is -2.90. The van der Waals surface area contributed by atoms with Crippen LogP contribution >= 0.6 is 0 Å². The topological polar surface area (TPSA) is 21.7 Å². The number of anilines is 2. The maximum absolute atomic E-state index is 13.0. The van der Waals surface area contributed by atoms with E-state index in [9.17, 15) is 8.78 Å².